The van der Waals surface area contributed by atoms with Gasteiger partial charge in [0.15, 0.2) is 11.5 Å². The van der Waals surface area contributed by atoms with Crippen LogP contribution in [0.25, 0.3) is 0 Å². The molecule has 0 saturated carbocycles. The normalized spacial score (nSPS) is 12.2. The van der Waals surface area contributed by atoms with E-state index in [0.29, 0.717) is 31.3 Å². The van der Waals surface area contributed by atoms with E-state index in [1.165, 1.54) is 0 Å². The molecule has 0 spiro atoms. The molecule has 1 aromatic carbocycles. The number of benzene rings is 1. The summed E-state index contributed by atoms with van der Waals surface area (Å²) in [5.74, 6) is 1.39. The minimum Gasteiger partial charge on any atom is -0.493 e. The number of rotatable bonds is 9. The lowest BCUT2D eigenvalue weighted by atomic mass is 10.2. The highest BCUT2D eigenvalue weighted by Gasteiger charge is 2.12. The molecule has 0 fully saturated rings. The second-order valence-electron chi connectivity index (χ2n) is 4.26. The van der Waals surface area contributed by atoms with Gasteiger partial charge in [-0.15, -0.1) is 0 Å². The van der Waals surface area contributed by atoms with Gasteiger partial charge in [-0.1, -0.05) is 0 Å². The first-order valence-electron chi connectivity index (χ1n) is 6.48. The van der Waals surface area contributed by atoms with E-state index < -0.39 is 0 Å². The number of hydrogen-bond donors (Lipinski definition) is 2. The molecule has 1 atom stereocenters. The lowest BCUT2D eigenvalue weighted by Crippen LogP contribution is -2.35. The number of hydrogen-bond acceptors (Lipinski definition) is 5. The van der Waals surface area contributed by atoms with Crippen molar-refractivity contribution in [3.8, 4) is 11.5 Å². The molecule has 0 heterocycles. The van der Waals surface area contributed by atoms with Gasteiger partial charge in [0.2, 0.25) is 0 Å². The number of nitrogens with one attached hydrogen (secondary N) is 1. The molecule has 0 aliphatic carbocycles. The van der Waals surface area contributed by atoms with Crippen LogP contribution in [0.4, 0.5) is 0 Å². The van der Waals surface area contributed by atoms with Gasteiger partial charge in [0.05, 0.1) is 37.4 Å². The van der Waals surface area contributed by atoms with Gasteiger partial charge in [0.1, 0.15) is 0 Å². The molecule has 1 unspecified atom stereocenters. The molecule has 20 heavy (non-hydrogen) atoms. The highest BCUT2D eigenvalue weighted by molar-refractivity contribution is 9.10. The van der Waals surface area contributed by atoms with Crippen LogP contribution in [0.15, 0.2) is 16.6 Å². The van der Waals surface area contributed by atoms with Crippen molar-refractivity contribution >= 4 is 15.9 Å². The Balaban J connectivity index is 2.78. The quantitative estimate of drug-likeness (QED) is 0.714. The second-order valence-corrected chi connectivity index (χ2v) is 5.11. The average Bonchev–Trinajstić information content (AvgIpc) is 2.45. The molecule has 6 heteroatoms. The van der Waals surface area contributed by atoms with Gasteiger partial charge in [-0.25, -0.2) is 0 Å². The summed E-state index contributed by atoms with van der Waals surface area (Å²) in [5.41, 5.74) is 1.03. The van der Waals surface area contributed by atoms with Gasteiger partial charge in [0, 0.05) is 13.7 Å². The summed E-state index contributed by atoms with van der Waals surface area (Å²) in [6.45, 7) is 3.61. The van der Waals surface area contributed by atoms with Gasteiger partial charge < -0.3 is 24.6 Å². The van der Waals surface area contributed by atoms with Crippen molar-refractivity contribution < 1.29 is 19.3 Å². The summed E-state index contributed by atoms with van der Waals surface area (Å²) in [4.78, 5) is 0. The van der Waals surface area contributed by atoms with Crippen LogP contribution >= 0.6 is 15.9 Å². The Morgan fingerprint density at radius 2 is 2.10 bits per heavy atom. The number of aliphatic hydroxyl groups is 1. The third-order valence-corrected chi connectivity index (χ3v) is 3.35. The molecule has 114 valence electrons. The van der Waals surface area contributed by atoms with E-state index in [2.05, 4.69) is 21.2 Å². The molecule has 2 N–H and O–H groups in total. The van der Waals surface area contributed by atoms with E-state index in [-0.39, 0.29) is 12.6 Å². The van der Waals surface area contributed by atoms with Crippen molar-refractivity contribution in [3.63, 3.8) is 0 Å². The first-order chi connectivity index (χ1) is 9.65. The van der Waals surface area contributed by atoms with Gasteiger partial charge in [0.25, 0.3) is 0 Å². The van der Waals surface area contributed by atoms with E-state index in [9.17, 15) is 5.11 Å². The maximum Gasteiger partial charge on any atom is 0.175 e. The van der Waals surface area contributed by atoms with Crippen LogP contribution < -0.4 is 14.8 Å². The maximum absolute atomic E-state index is 9.21. The molecule has 0 aliphatic rings. The van der Waals surface area contributed by atoms with E-state index in [1.807, 2.05) is 19.1 Å². The van der Waals surface area contributed by atoms with Gasteiger partial charge in [-0.05, 0) is 40.5 Å². The van der Waals surface area contributed by atoms with Crippen LogP contribution in [0.3, 0.4) is 0 Å². The third kappa shape index (κ3) is 4.94. The Morgan fingerprint density at radius 3 is 2.65 bits per heavy atom. The van der Waals surface area contributed by atoms with Crippen LogP contribution in [0.1, 0.15) is 12.5 Å². The summed E-state index contributed by atoms with van der Waals surface area (Å²) < 4.78 is 16.8. The summed E-state index contributed by atoms with van der Waals surface area (Å²) in [6.07, 6.45) is 0. The van der Waals surface area contributed by atoms with Crippen LogP contribution in [-0.4, -0.2) is 45.2 Å². The van der Waals surface area contributed by atoms with Crippen LogP contribution in [0, 0.1) is 0 Å². The predicted molar refractivity (Wildman–Crippen MR) is 81.5 cm³/mol. The Morgan fingerprint density at radius 1 is 1.35 bits per heavy atom. The fourth-order valence-corrected chi connectivity index (χ4v) is 2.40. The molecule has 5 nitrogen and oxygen atoms in total. The molecule has 0 aromatic heterocycles. The lowest BCUT2D eigenvalue weighted by Gasteiger charge is -2.17. The van der Waals surface area contributed by atoms with Crippen LogP contribution in [0.2, 0.25) is 0 Å². The first-order valence-corrected chi connectivity index (χ1v) is 7.27. The van der Waals surface area contributed by atoms with Crippen molar-refractivity contribution in [1.29, 1.82) is 0 Å². The van der Waals surface area contributed by atoms with Crippen molar-refractivity contribution in [1.82, 2.24) is 5.32 Å². The molecule has 1 aromatic rings. The van der Waals surface area contributed by atoms with Crippen molar-refractivity contribution in [2.75, 3.05) is 34.0 Å². The zero-order valence-corrected chi connectivity index (χ0v) is 13.7. The Hall–Kier alpha value is -0.820. The van der Waals surface area contributed by atoms with Gasteiger partial charge in [-0.2, -0.15) is 0 Å². The summed E-state index contributed by atoms with van der Waals surface area (Å²) in [5, 5.41) is 12.4. The second kappa shape index (κ2) is 9.18. The average molecular weight is 348 g/mol. The van der Waals surface area contributed by atoms with Gasteiger partial charge in [-0.3, -0.25) is 0 Å². The SMILES string of the molecule is CCOc1c(Br)cc(CNC(CO)COC)cc1OC. The first kappa shape index (κ1) is 17.2. The minimum absolute atomic E-state index is 0.0309. The van der Waals surface area contributed by atoms with E-state index >= 15 is 0 Å². The predicted octanol–water partition coefficient (Wildman–Crippen LogP) is 1.95. The van der Waals surface area contributed by atoms with E-state index in [0.717, 1.165) is 10.0 Å². The summed E-state index contributed by atoms with van der Waals surface area (Å²) in [6, 6.07) is 3.81. The molecule has 1 rings (SSSR count). The molecule has 0 saturated heterocycles. The van der Waals surface area contributed by atoms with Crippen molar-refractivity contribution in [3.05, 3.63) is 22.2 Å². The largest absolute Gasteiger partial charge is 0.493 e. The zero-order valence-electron chi connectivity index (χ0n) is 12.1. The van der Waals surface area contributed by atoms with Crippen LogP contribution in [0.5, 0.6) is 11.5 Å². The molecular weight excluding hydrogens is 326 g/mol. The molecule has 0 amide bonds. The highest BCUT2D eigenvalue weighted by atomic mass is 79.9. The van der Waals surface area contributed by atoms with Crippen molar-refractivity contribution in [2.24, 2.45) is 0 Å². The van der Waals surface area contributed by atoms with Crippen molar-refractivity contribution in [2.45, 2.75) is 19.5 Å². The van der Waals surface area contributed by atoms with E-state index in [4.69, 9.17) is 14.2 Å². The van der Waals surface area contributed by atoms with Gasteiger partial charge >= 0.3 is 0 Å². The lowest BCUT2D eigenvalue weighted by molar-refractivity contribution is 0.128. The minimum atomic E-state index is -0.0867. The van der Waals surface area contributed by atoms with Crippen LogP contribution in [-0.2, 0) is 11.3 Å². The fraction of sp³-hybridized carbons (Fsp3) is 0.571. The number of methoxy groups -OCH3 is 2. The number of halogens is 1. The fourth-order valence-electron chi connectivity index (χ4n) is 1.80. The monoisotopic (exact) mass is 347 g/mol. The Bertz CT molecular complexity index is 414. The summed E-state index contributed by atoms with van der Waals surface area (Å²) >= 11 is 3.49. The molecule has 0 radical (unpaired) electrons. The smallest absolute Gasteiger partial charge is 0.175 e. The third-order valence-electron chi connectivity index (χ3n) is 2.76. The zero-order chi connectivity index (χ0) is 15.0. The topological polar surface area (TPSA) is 60.0 Å². The highest BCUT2D eigenvalue weighted by Crippen LogP contribution is 2.36. The number of ether oxygens (including phenoxy) is 3. The maximum atomic E-state index is 9.21. The molecular formula is C14H22BrNO4. The Kier molecular flexibility index (Phi) is 7.91. The summed E-state index contributed by atoms with van der Waals surface area (Å²) in [7, 11) is 3.23. The molecule has 0 aliphatic heterocycles. The Labute approximate surface area is 128 Å². The van der Waals surface area contributed by atoms with E-state index in [1.54, 1.807) is 14.2 Å². The number of aliphatic hydroxyl groups excluding tert-OH is 1. The standard InChI is InChI=1S/C14H22BrNO4/c1-4-20-14-12(15)5-10(6-13(14)19-3)7-16-11(8-17)9-18-2/h5-6,11,16-17H,4,7-9H2,1-3H3. The molecule has 0 bridgehead atoms.